The van der Waals surface area contributed by atoms with E-state index < -0.39 is 27.2 Å². The Hall–Kier alpha value is -0.730. The summed E-state index contributed by atoms with van der Waals surface area (Å²) in [6, 6.07) is -0.555. The van der Waals surface area contributed by atoms with E-state index in [2.05, 4.69) is 14.9 Å². The van der Waals surface area contributed by atoms with Gasteiger partial charge in [-0.3, -0.25) is 4.79 Å². The van der Waals surface area contributed by atoms with Gasteiger partial charge in [0.25, 0.3) is 5.91 Å². The van der Waals surface area contributed by atoms with Crippen LogP contribution in [0.1, 0.15) is 10.5 Å². The molecule has 1 aromatic rings. The van der Waals surface area contributed by atoms with E-state index in [1.807, 2.05) is 0 Å². The van der Waals surface area contributed by atoms with Crippen LogP contribution in [0.3, 0.4) is 0 Å². The van der Waals surface area contributed by atoms with Gasteiger partial charge in [0.2, 0.25) is 0 Å². The fourth-order valence-electron chi connectivity index (χ4n) is 1.44. The highest BCUT2D eigenvalue weighted by atomic mass is 35.5. The Kier molecular flexibility index (Phi) is 3.13. The van der Waals surface area contributed by atoms with Crippen LogP contribution in [-0.4, -0.2) is 46.8 Å². The smallest absolute Gasteiger partial charge is 0.273 e. The minimum atomic E-state index is -3.14. The van der Waals surface area contributed by atoms with Crippen LogP contribution < -0.4 is 5.32 Å². The second-order valence-corrected chi connectivity index (χ2v) is 6.79. The molecule has 1 fully saturated rings. The third-order valence-electron chi connectivity index (χ3n) is 2.19. The van der Waals surface area contributed by atoms with Crippen LogP contribution in [0.5, 0.6) is 0 Å². The summed E-state index contributed by atoms with van der Waals surface area (Å²) in [6.45, 7) is 0. The Morgan fingerprint density at radius 3 is 2.81 bits per heavy atom. The molecular formula is C7H8ClN3O3S2. The quantitative estimate of drug-likeness (QED) is 0.750. The standard InChI is InChI=1S/C7H8ClN3O3S2/c8-4-2-16(13,14)3-6(4)9-7(12)5-1-15-11-10-5/h1,4,6H,2-3H2,(H,9,12). The molecular weight excluding hydrogens is 274 g/mol. The highest BCUT2D eigenvalue weighted by molar-refractivity contribution is 7.91. The summed E-state index contributed by atoms with van der Waals surface area (Å²) >= 11 is 6.89. The number of sulfone groups is 1. The summed E-state index contributed by atoms with van der Waals surface area (Å²) in [5.74, 6) is -0.666. The second-order valence-electron chi connectivity index (χ2n) is 3.46. The topological polar surface area (TPSA) is 89.0 Å². The van der Waals surface area contributed by atoms with Gasteiger partial charge in [0.1, 0.15) is 0 Å². The molecule has 1 saturated heterocycles. The molecule has 0 radical (unpaired) electrons. The highest BCUT2D eigenvalue weighted by Gasteiger charge is 2.37. The number of carbonyl (C=O) groups excluding carboxylic acids is 1. The predicted octanol–water partition coefficient (Wildman–Crippen LogP) is -0.328. The molecule has 2 atom stereocenters. The minimum Gasteiger partial charge on any atom is -0.345 e. The lowest BCUT2D eigenvalue weighted by Crippen LogP contribution is -2.40. The van der Waals surface area contributed by atoms with Crippen molar-refractivity contribution >= 4 is 38.9 Å². The largest absolute Gasteiger partial charge is 0.345 e. The molecule has 88 valence electrons. The number of hydrogen-bond acceptors (Lipinski definition) is 6. The van der Waals surface area contributed by atoms with Gasteiger partial charge in [-0.15, -0.1) is 16.7 Å². The van der Waals surface area contributed by atoms with Gasteiger partial charge in [-0.25, -0.2) is 8.42 Å². The summed E-state index contributed by atoms with van der Waals surface area (Å²) in [6.07, 6.45) is 0. The van der Waals surface area contributed by atoms with Crippen LogP contribution >= 0.6 is 23.1 Å². The molecule has 0 spiro atoms. The van der Waals surface area contributed by atoms with Gasteiger partial charge in [-0.1, -0.05) is 4.49 Å². The van der Waals surface area contributed by atoms with Crippen LogP contribution in [0.15, 0.2) is 5.38 Å². The average Bonchev–Trinajstić information content (AvgIpc) is 2.74. The number of aromatic nitrogens is 2. The number of halogens is 1. The zero-order valence-electron chi connectivity index (χ0n) is 7.96. The number of alkyl halides is 1. The molecule has 2 heterocycles. The molecule has 0 aromatic carbocycles. The molecule has 0 saturated carbocycles. The van der Waals surface area contributed by atoms with Crippen molar-refractivity contribution in [1.29, 1.82) is 0 Å². The lowest BCUT2D eigenvalue weighted by Gasteiger charge is -2.12. The van der Waals surface area contributed by atoms with Gasteiger partial charge in [0, 0.05) is 5.38 Å². The molecule has 1 N–H and O–H groups in total. The van der Waals surface area contributed by atoms with Gasteiger partial charge in [0.15, 0.2) is 15.5 Å². The van der Waals surface area contributed by atoms with Crippen molar-refractivity contribution in [2.24, 2.45) is 0 Å². The normalized spacial score (nSPS) is 27.8. The summed E-state index contributed by atoms with van der Waals surface area (Å²) in [4.78, 5) is 11.6. The van der Waals surface area contributed by atoms with Crippen molar-refractivity contribution < 1.29 is 13.2 Å². The summed E-state index contributed by atoms with van der Waals surface area (Å²) < 4.78 is 26.1. The van der Waals surface area contributed by atoms with Gasteiger partial charge in [0.05, 0.1) is 22.9 Å². The Labute approximate surface area is 101 Å². The Bertz CT molecular complexity index is 487. The first kappa shape index (κ1) is 11.7. The fraction of sp³-hybridized carbons (Fsp3) is 0.571. The first-order valence-electron chi connectivity index (χ1n) is 4.40. The van der Waals surface area contributed by atoms with E-state index in [-0.39, 0.29) is 17.2 Å². The molecule has 1 aliphatic heterocycles. The van der Waals surface area contributed by atoms with E-state index in [0.717, 1.165) is 11.5 Å². The van der Waals surface area contributed by atoms with Crippen molar-refractivity contribution in [1.82, 2.24) is 14.9 Å². The van der Waals surface area contributed by atoms with Crippen molar-refractivity contribution in [3.05, 3.63) is 11.1 Å². The number of amides is 1. The van der Waals surface area contributed by atoms with Crippen LogP contribution in [-0.2, 0) is 9.84 Å². The molecule has 2 unspecified atom stereocenters. The van der Waals surface area contributed by atoms with E-state index in [1.165, 1.54) is 5.38 Å². The maximum Gasteiger partial charge on any atom is 0.273 e. The lowest BCUT2D eigenvalue weighted by molar-refractivity contribution is 0.0936. The van der Waals surface area contributed by atoms with Crippen molar-refractivity contribution in [3.8, 4) is 0 Å². The van der Waals surface area contributed by atoms with E-state index in [0.29, 0.717) is 0 Å². The minimum absolute atomic E-state index is 0.102. The first-order chi connectivity index (χ1) is 7.48. The van der Waals surface area contributed by atoms with Gasteiger partial charge < -0.3 is 5.32 Å². The molecule has 0 bridgehead atoms. The van der Waals surface area contributed by atoms with Crippen LogP contribution in [0.2, 0.25) is 0 Å². The number of rotatable bonds is 2. The van der Waals surface area contributed by atoms with Gasteiger partial charge in [-0.2, -0.15) is 0 Å². The van der Waals surface area contributed by atoms with Gasteiger partial charge in [-0.05, 0) is 11.5 Å². The third-order valence-corrected chi connectivity index (χ3v) is 5.07. The van der Waals surface area contributed by atoms with Gasteiger partial charge >= 0.3 is 0 Å². The van der Waals surface area contributed by atoms with E-state index >= 15 is 0 Å². The number of carbonyl (C=O) groups is 1. The van der Waals surface area contributed by atoms with Crippen LogP contribution in [0.25, 0.3) is 0 Å². The summed E-state index contributed by atoms with van der Waals surface area (Å²) in [7, 11) is -3.14. The monoisotopic (exact) mass is 281 g/mol. The summed E-state index contributed by atoms with van der Waals surface area (Å²) in [5.41, 5.74) is 0.179. The van der Waals surface area contributed by atoms with E-state index in [9.17, 15) is 13.2 Å². The molecule has 1 aliphatic rings. The van der Waals surface area contributed by atoms with E-state index in [1.54, 1.807) is 0 Å². The predicted molar refractivity (Wildman–Crippen MR) is 59.5 cm³/mol. The third kappa shape index (κ3) is 2.50. The maximum atomic E-state index is 11.6. The fourth-order valence-corrected chi connectivity index (χ4v) is 4.43. The maximum absolute atomic E-state index is 11.6. The average molecular weight is 282 g/mol. The molecule has 16 heavy (non-hydrogen) atoms. The van der Waals surface area contributed by atoms with E-state index in [4.69, 9.17) is 11.6 Å². The zero-order valence-corrected chi connectivity index (χ0v) is 10.3. The Morgan fingerprint density at radius 2 is 2.31 bits per heavy atom. The summed E-state index contributed by atoms with van der Waals surface area (Å²) in [5, 5.41) is 7.03. The Balaban J connectivity index is 2.04. The van der Waals surface area contributed by atoms with Crippen molar-refractivity contribution in [2.45, 2.75) is 11.4 Å². The number of hydrogen-bond donors (Lipinski definition) is 1. The molecule has 9 heteroatoms. The first-order valence-corrected chi connectivity index (χ1v) is 7.50. The molecule has 0 aliphatic carbocycles. The number of nitrogens with zero attached hydrogens (tertiary/aromatic N) is 2. The Morgan fingerprint density at radius 1 is 1.56 bits per heavy atom. The number of nitrogens with one attached hydrogen (secondary N) is 1. The highest BCUT2D eigenvalue weighted by Crippen LogP contribution is 2.18. The van der Waals surface area contributed by atoms with Crippen LogP contribution in [0, 0.1) is 0 Å². The SMILES string of the molecule is O=C(NC1CS(=O)(=O)CC1Cl)c1csnn1. The van der Waals surface area contributed by atoms with Crippen molar-refractivity contribution in [2.75, 3.05) is 11.5 Å². The second kappa shape index (κ2) is 4.27. The van der Waals surface area contributed by atoms with Crippen molar-refractivity contribution in [3.63, 3.8) is 0 Å². The lowest BCUT2D eigenvalue weighted by atomic mass is 10.2. The molecule has 1 amide bonds. The zero-order chi connectivity index (χ0) is 11.8. The molecule has 1 aromatic heterocycles. The van der Waals surface area contributed by atoms with Crippen LogP contribution in [0.4, 0.5) is 0 Å². The molecule has 2 rings (SSSR count). The molecule has 6 nitrogen and oxygen atoms in total.